The van der Waals surface area contributed by atoms with Crippen molar-refractivity contribution < 1.29 is 0 Å². The van der Waals surface area contributed by atoms with Crippen LogP contribution >= 0.6 is 0 Å². The molecule has 1 heterocycles. The average Bonchev–Trinajstić information content (AvgIpc) is 2.97. The van der Waals surface area contributed by atoms with Crippen LogP contribution < -0.4 is 5.73 Å². The highest BCUT2D eigenvalue weighted by Gasteiger charge is 2.26. The fourth-order valence-electron chi connectivity index (χ4n) is 1.75. The van der Waals surface area contributed by atoms with Crippen LogP contribution in [-0.2, 0) is 0 Å². The van der Waals surface area contributed by atoms with Crippen LogP contribution in [0.1, 0.15) is 24.6 Å². The van der Waals surface area contributed by atoms with Crippen LogP contribution in [0, 0.1) is 0 Å². The van der Waals surface area contributed by atoms with E-state index in [1.807, 2.05) is 30.5 Å². The summed E-state index contributed by atoms with van der Waals surface area (Å²) in [5, 5.41) is 0. The normalized spacial score (nSPS) is 15.5. The maximum absolute atomic E-state index is 5.74. The highest BCUT2D eigenvalue weighted by atomic mass is 14.9. The first-order chi connectivity index (χ1) is 7.33. The molecule has 0 spiro atoms. The predicted octanol–water partition coefficient (Wildman–Crippen LogP) is 2.54. The largest absolute Gasteiger partial charge is 0.399 e. The molecule has 0 bridgehead atoms. The number of nitrogen functional groups attached to an aromatic ring is 1. The Morgan fingerprint density at radius 2 is 2.20 bits per heavy atom. The van der Waals surface area contributed by atoms with Gasteiger partial charge in [0.05, 0.1) is 11.9 Å². The maximum atomic E-state index is 5.74. The number of imidazole rings is 1. The van der Waals surface area contributed by atoms with Crippen LogP contribution in [0.5, 0.6) is 0 Å². The summed E-state index contributed by atoms with van der Waals surface area (Å²) in [5.41, 5.74) is 8.69. The van der Waals surface area contributed by atoms with E-state index in [2.05, 4.69) is 9.97 Å². The van der Waals surface area contributed by atoms with E-state index in [4.69, 9.17) is 5.73 Å². The zero-order valence-electron chi connectivity index (χ0n) is 8.40. The molecule has 3 nitrogen and oxygen atoms in total. The van der Waals surface area contributed by atoms with Crippen molar-refractivity contribution in [3.8, 4) is 11.3 Å². The number of benzene rings is 1. The average molecular weight is 199 g/mol. The molecule has 0 aliphatic heterocycles. The van der Waals surface area contributed by atoms with Crippen LogP contribution in [0.4, 0.5) is 5.69 Å². The van der Waals surface area contributed by atoms with Crippen molar-refractivity contribution in [3.63, 3.8) is 0 Å². The number of rotatable bonds is 2. The molecule has 1 fully saturated rings. The number of aromatic nitrogens is 2. The molecule has 3 heteroatoms. The summed E-state index contributed by atoms with van der Waals surface area (Å²) < 4.78 is 0. The van der Waals surface area contributed by atoms with Gasteiger partial charge < -0.3 is 10.7 Å². The quantitative estimate of drug-likeness (QED) is 0.730. The summed E-state index contributed by atoms with van der Waals surface area (Å²) in [6.45, 7) is 0. The molecule has 1 aromatic carbocycles. The zero-order valence-corrected chi connectivity index (χ0v) is 8.40. The van der Waals surface area contributed by atoms with Gasteiger partial charge >= 0.3 is 0 Å². The highest BCUT2D eigenvalue weighted by molar-refractivity contribution is 5.63. The third kappa shape index (κ3) is 1.61. The van der Waals surface area contributed by atoms with E-state index in [1.54, 1.807) is 0 Å². The van der Waals surface area contributed by atoms with E-state index in [1.165, 1.54) is 12.8 Å². The van der Waals surface area contributed by atoms with Crippen LogP contribution in [0.2, 0.25) is 0 Å². The molecule has 3 N–H and O–H groups in total. The van der Waals surface area contributed by atoms with E-state index < -0.39 is 0 Å². The lowest BCUT2D eigenvalue weighted by Gasteiger charge is -1.98. The van der Waals surface area contributed by atoms with Crippen LogP contribution in [-0.4, -0.2) is 9.97 Å². The van der Waals surface area contributed by atoms with Crippen molar-refractivity contribution in [3.05, 3.63) is 36.3 Å². The summed E-state index contributed by atoms with van der Waals surface area (Å²) >= 11 is 0. The Balaban J connectivity index is 1.97. The van der Waals surface area contributed by atoms with Crippen molar-refractivity contribution >= 4 is 5.69 Å². The standard InChI is InChI=1S/C12H13N3/c13-10-3-1-2-9(6-10)11-7-14-12(15-11)8-4-5-8/h1-3,6-8H,4-5,13H2,(H,14,15). The van der Waals surface area contributed by atoms with Gasteiger partial charge in [0.25, 0.3) is 0 Å². The van der Waals surface area contributed by atoms with Gasteiger partial charge in [-0.1, -0.05) is 12.1 Å². The van der Waals surface area contributed by atoms with Crippen LogP contribution in [0.15, 0.2) is 30.5 Å². The summed E-state index contributed by atoms with van der Waals surface area (Å²) in [4.78, 5) is 7.74. The first-order valence-corrected chi connectivity index (χ1v) is 5.24. The summed E-state index contributed by atoms with van der Waals surface area (Å²) in [5.74, 6) is 1.78. The molecule has 0 unspecified atom stereocenters. The topological polar surface area (TPSA) is 54.7 Å². The van der Waals surface area contributed by atoms with Gasteiger partial charge in [0.2, 0.25) is 0 Å². The third-order valence-electron chi connectivity index (χ3n) is 2.76. The number of nitrogens with one attached hydrogen (secondary N) is 1. The molecule has 0 radical (unpaired) electrons. The van der Waals surface area contributed by atoms with Gasteiger partial charge in [-0.2, -0.15) is 0 Å². The number of aromatic amines is 1. The lowest BCUT2D eigenvalue weighted by atomic mass is 10.1. The second-order valence-corrected chi connectivity index (χ2v) is 4.08. The second-order valence-electron chi connectivity index (χ2n) is 4.08. The fourth-order valence-corrected chi connectivity index (χ4v) is 1.75. The van der Waals surface area contributed by atoms with Crippen molar-refractivity contribution in [2.24, 2.45) is 0 Å². The SMILES string of the molecule is Nc1cccc(-c2cnc(C3CC3)[nH]2)c1. The lowest BCUT2D eigenvalue weighted by molar-refractivity contribution is 0.977. The molecule has 2 aromatic rings. The summed E-state index contributed by atoms with van der Waals surface area (Å²) in [6, 6.07) is 7.86. The van der Waals surface area contributed by atoms with Gasteiger partial charge in [-0.15, -0.1) is 0 Å². The molecule has 1 aliphatic rings. The molecular weight excluding hydrogens is 186 g/mol. The van der Waals surface area contributed by atoms with Gasteiger partial charge in [0.15, 0.2) is 0 Å². The summed E-state index contributed by atoms with van der Waals surface area (Å²) in [7, 11) is 0. The molecule has 1 saturated carbocycles. The number of nitrogens with two attached hydrogens (primary N) is 1. The Kier molecular flexibility index (Phi) is 1.78. The molecule has 1 aromatic heterocycles. The van der Waals surface area contributed by atoms with Gasteiger partial charge in [0, 0.05) is 17.2 Å². The number of hydrogen-bond donors (Lipinski definition) is 2. The smallest absolute Gasteiger partial charge is 0.109 e. The van der Waals surface area contributed by atoms with Crippen molar-refractivity contribution in [1.82, 2.24) is 9.97 Å². The van der Waals surface area contributed by atoms with Crippen LogP contribution in [0.25, 0.3) is 11.3 Å². The van der Waals surface area contributed by atoms with Crippen molar-refractivity contribution in [2.45, 2.75) is 18.8 Å². The van der Waals surface area contributed by atoms with E-state index in [-0.39, 0.29) is 0 Å². The molecule has 1 aliphatic carbocycles. The molecular formula is C12H13N3. The Bertz CT molecular complexity index is 483. The van der Waals surface area contributed by atoms with E-state index in [9.17, 15) is 0 Å². The van der Waals surface area contributed by atoms with Gasteiger partial charge in [-0.25, -0.2) is 4.98 Å². The minimum Gasteiger partial charge on any atom is -0.399 e. The van der Waals surface area contributed by atoms with Gasteiger partial charge in [-0.05, 0) is 25.0 Å². The monoisotopic (exact) mass is 199 g/mol. The Morgan fingerprint density at radius 3 is 2.93 bits per heavy atom. The number of hydrogen-bond acceptors (Lipinski definition) is 2. The summed E-state index contributed by atoms with van der Waals surface area (Å²) in [6.07, 6.45) is 4.43. The number of nitrogens with zero attached hydrogens (tertiary/aromatic N) is 1. The first-order valence-electron chi connectivity index (χ1n) is 5.24. The molecule has 3 rings (SSSR count). The Morgan fingerprint density at radius 1 is 1.33 bits per heavy atom. The van der Waals surface area contributed by atoms with E-state index >= 15 is 0 Å². The minimum absolute atomic E-state index is 0.666. The molecule has 15 heavy (non-hydrogen) atoms. The van der Waals surface area contributed by atoms with Crippen molar-refractivity contribution in [2.75, 3.05) is 5.73 Å². The molecule has 76 valence electrons. The fraction of sp³-hybridized carbons (Fsp3) is 0.250. The van der Waals surface area contributed by atoms with E-state index in [0.717, 1.165) is 22.8 Å². The molecule has 0 amide bonds. The number of H-pyrrole nitrogens is 1. The Labute approximate surface area is 88.3 Å². The lowest BCUT2D eigenvalue weighted by Crippen LogP contribution is -1.85. The second kappa shape index (κ2) is 3.12. The maximum Gasteiger partial charge on any atom is 0.109 e. The van der Waals surface area contributed by atoms with Gasteiger partial charge in [-0.3, -0.25) is 0 Å². The predicted molar refractivity (Wildman–Crippen MR) is 60.4 cm³/mol. The molecule has 0 atom stereocenters. The van der Waals surface area contributed by atoms with Crippen LogP contribution in [0.3, 0.4) is 0 Å². The zero-order chi connectivity index (χ0) is 10.3. The minimum atomic E-state index is 0.666. The number of anilines is 1. The molecule has 0 saturated heterocycles. The van der Waals surface area contributed by atoms with Gasteiger partial charge in [0.1, 0.15) is 5.82 Å². The van der Waals surface area contributed by atoms with E-state index in [0.29, 0.717) is 5.92 Å². The third-order valence-corrected chi connectivity index (χ3v) is 2.76. The first kappa shape index (κ1) is 8.53. The van der Waals surface area contributed by atoms with Crippen molar-refractivity contribution in [1.29, 1.82) is 0 Å². The Hall–Kier alpha value is -1.77. The highest BCUT2D eigenvalue weighted by Crippen LogP contribution is 2.38.